The van der Waals surface area contributed by atoms with Crippen LogP contribution in [0.3, 0.4) is 0 Å². The third-order valence-corrected chi connectivity index (χ3v) is 12.3. The predicted molar refractivity (Wildman–Crippen MR) is 209 cm³/mol. The lowest BCUT2D eigenvalue weighted by atomic mass is 9.88. The van der Waals surface area contributed by atoms with Crippen LogP contribution in [0.4, 0.5) is 4.39 Å². The summed E-state index contributed by atoms with van der Waals surface area (Å²) in [6, 6.07) is 7.05. The summed E-state index contributed by atoms with van der Waals surface area (Å²) in [5, 5.41) is 21.5. The molecular weight excluding hydrogens is 793 g/mol. The number of rotatable bonds is 10. The number of carboxylic acids is 1. The summed E-state index contributed by atoms with van der Waals surface area (Å²) in [7, 11) is 0.00783. The molecule has 0 saturated carbocycles. The Labute approximate surface area is 323 Å². The van der Waals surface area contributed by atoms with Crippen molar-refractivity contribution < 1.29 is 33.3 Å². The molecule has 0 amide bonds. The molecule has 0 aromatic carbocycles. The Hall–Kier alpha value is -5.04. The van der Waals surface area contributed by atoms with Crippen molar-refractivity contribution in [1.82, 2.24) is 44.5 Å². The van der Waals surface area contributed by atoms with Crippen LogP contribution in [-0.2, 0) is 20.9 Å². The van der Waals surface area contributed by atoms with Crippen LogP contribution in [0, 0.1) is 18.7 Å². The summed E-state index contributed by atoms with van der Waals surface area (Å²) in [5.41, 5.74) is 6.47. The summed E-state index contributed by atoms with van der Waals surface area (Å²) in [6.45, 7) is 10.5. The standard InChI is InChI=1S/C27H33BrFN5O4Si.C10H8N4O2/c1-16-18(28)14-31-21-23(16)34(24(17-7-10-37-11-8-17)20-19(29)6-5-9-30-20)26-22(27(35)36)32-33(25(21)26)15-38-12-13-39(2,3)4;1-16-10(15)9-7-8(13-14-9)6-5(12-7)3-2-4-11-6/h5-6,9,14,17,24H,7-8,10-13,15H2,1-4H3,(H,35,36);2-4,12H,1H3,(H,13,14)/t24-;/m0./s1. The normalized spacial score (nSPS) is 14.5. The molecule has 1 fully saturated rings. The van der Waals surface area contributed by atoms with Crippen molar-refractivity contribution in [2.24, 2.45) is 5.92 Å². The minimum absolute atomic E-state index is 0.0432. The molecule has 0 aliphatic carbocycles. The van der Waals surface area contributed by atoms with Gasteiger partial charge in [0, 0.05) is 51.0 Å². The van der Waals surface area contributed by atoms with Crippen molar-refractivity contribution in [3.8, 4) is 0 Å². The first-order valence-corrected chi connectivity index (χ1v) is 22.3. The molecule has 7 aromatic rings. The van der Waals surface area contributed by atoms with E-state index in [-0.39, 0.29) is 29.7 Å². The highest BCUT2D eigenvalue weighted by Crippen LogP contribution is 2.43. The van der Waals surface area contributed by atoms with Gasteiger partial charge in [-0.1, -0.05) is 19.6 Å². The molecule has 18 heteroatoms. The summed E-state index contributed by atoms with van der Waals surface area (Å²) >= 11 is 3.60. The Morgan fingerprint density at radius 1 is 1.05 bits per heavy atom. The lowest BCUT2D eigenvalue weighted by Gasteiger charge is -2.32. The second-order valence-corrected chi connectivity index (χ2v) is 21.1. The van der Waals surface area contributed by atoms with Crippen LogP contribution in [0.5, 0.6) is 0 Å². The molecule has 1 saturated heterocycles. The third kappa shape index (κ3) is 7.38. The largest absolute Gasteiger partial charge is 0.476 e. The van der Waals surface area contributed by atoms with Crippen LogP contribution in [0.25, 0.3) is 44.1 Å². The molecule has 3 N–H and O–H groups in total. The van der Waals surface area contributed by atoms with Crippen LogP contribution in [0.2, 0.25) is 25.7 Å². The molecule has 1 atom stereocenters. The highest BCUT2D eigenvalue weighted by Gasteiger charge is 2.37. The molecule has 0 spiro atoms. The number of ether oxygens (including phenoxy) is 3. The molecule has 0 unspecified atom stereocenters. The Morgan fingerprint density at radius 2 is 1.80 bits per heavy atom. The van der Waals surface area contributed by atoms with E-state index in [4.69, 9.17) is 14.5 Å². The lowest BCUT2D eigenvalue weighted by molar-refractivity contribution is 0.0541. The average molecular weight is 835 g/mol. The second-order valence-electron chi connectivity index (χ2n) is 14.6. The number of aromatic carboxylic acids is 1. The molecule has 7 aromatic heterocycles. The summed E-state index contributed by atoms with van der Waals surface area (Å²) < 4.78 is 36.0. The molecule has 8 heterocycles. The maximum atomic E-state index is 15.4. The van der Waals surface area contributed by atoms with E-state index in [0.717, 1.165) is 38.1 Å². The van der Waals surface area contributed by atoms with Gasteiger partial charge in [-0.25, -0.2) is 18.7 Å². The van der Waals surface area contributed by atoms with E-state index in [0.29, 0.717) is 54.7 Å². The Balaban J connectivity index is 0.000000240. The van der Waals surface area contributed by atoms with Gasteiger partial charge >= 0.3 is 11.9 Å². The van der Waals surface area contributed by atoms with Crippen molar-refractivity contribution in [3.05, 3.63) is 75.8 Å². The van der Waals surface area contributed by atoms with Gasteiger partial charge in [0.25, 0.3) is 0 Å². The van der Waals surface area contributed by atoms with E-state index >= 15 is 4.39 Å². The zero-order valence-corrected chi connectivity index (χ0v) is 33.6. The first-order chi connectivity index (χ1) is 26.4. The van der Waals surface area contributed by atoms with Crippen molar-refractivity contribution >= 4 is 80.1 Å². The lowest BCUT2D eigenvalue weighted by Crippen LogP contribution is -2.28. The minimum atomic E-state index is -1.32. The Kier molecular flexibility index (Phi) is 10.8. The second kappa shape index (κ2) is 15.6. The number of halogens is 2. The third-order valence-electron chi connectivity index (χ3n) is 9.80. The fourth-order valence-electron chi connectivity index (χ4n) is 7.03. The number of fused-ring (bicyclic) bond motifs is 6. The monoisotopic (exact) mass is 833 g/mol. The fourth-order valence-corrected chi connectivity index (χ4v) is 8.08. The fraction of sp³-hybridized carbons (Fsp3) is 0.378. The summed E-state index contributed by atoms with van der Waals surface area (Å²) in [4.78, 5) is 40.5. The van der Waals surface area contributed by atoms with Crippen LogP contribution >= 0.6 is 15.9 Å². The van der Waals surface area contributed by atoms with Gasteiger partial charge in [0.05, 0.1) is 29.9 Å². The Bertz CT molecular complexity index is 2540. The molecule has 55 heavy (non-hydrogen) atoms. The van der Waals surface area contributed by atoms with Gasteiger partial charge in [0.1, 0.15) is 45.6 Å². The van der Waals surface area contributed by atoms with Crippen LogP contribution in [-0.4, -0.2) is 96.5 Å². The van der Waals surface area contributed by atoms with E-state index in [1.807, 2.05) is 23.6 Å². The van der Waals surface area contributed by atoms with Crippen molar-refractivity contribution in [3.63, 3.8) is 0 Å². The number of carbonyl (C=O) groups excluding carboxylic acids is 1. The molecule has 0 bridgehead atoms. The zero-order valence-electron chi connectivity index (χ0n) is 31.0. The predicted octanol–water partition coefficient (Wildman–Crippen LogP) is 7.24. The summed E-state index contributed by atoms with van der Waals surface area (Å²) in [6.07, 6.45) is 6.32. The van der Waals surface area contributed by atoms with Crippen LogP contribution in [0.15, 0.2) is 47.3 Å². The van der Waals surface area contributed by atoms with Crippen molar-refractivity contribution in [2.45, 2.75) is 58.2 Å². The molecule has 1 aliphatic rings. The topological polar surface area (TPSA) is 188 Å². The number of esters is 1. The molecule has 1 aliphatic heterocycles. The van der Waals surface area contributed by atoms with E-state index < -0.39 is 31.9 Å². The maximum absolute atomic E-state index is 15.4. The van der Waals surface area contributed by atoms with Crippen LogP contribution < -0.4 is 0 Å². The quantitative estimate of drug-likeness (QED) is 0.0716. The van der Waals surface area contributed by atoms with Gasteiger partial charge in [0.2, 0.25) is 0 Å². The van der Waals surface area contributed by atoms with E-state index in [2.05, 4.69) is 70.6 Å². The van der Waals surface area contributed by atoms with E-state index in [9.17, 15) is 14.7 Å². The van der Waals surface area contributed by atoms with Gasteiger partial charge < -0.3 is 28.9 Å². The number of carbonyl (C=O) groups is 2. The first-order valence-electron chi connectivity index (χ1n) is 17.8. The van der Waals surface area contributed by atoms with Gasteiger partial charge in [0.15, 0.2) is 11.4 Å². The first kappa shape index (κ1) is 38.2. The average Bonchev–Trinajstić information content (AvgIpc) is 3.93. The molecule has 288 valence electrons. The van der Waals surface area contributed by atoms with E-state index in [1.54, 1.807) is 29.3 Å². The number of pyridine rings is 3. The summed E-state index contributed by atoms with van der Waals surface area (Å²) in [5.74, 6) is -2.13. The number of hydrogen-bond acceptors (Lipinski definition) is 10. The number of carboxylic acid groups (broad SMARTS) is 1. The zero-order chi connectivity index (χ0) is 39.0. The minimum Gasteiger partial charge on any atom is -0.476 e. The highest BCUT2D eigenvalue weighted by molar-refractivity contribution is 9.10. The smallest absolute Gasteiger partial charge is 0.360 e. The number of nitrogens with one attached hydrogen (secondary N) is 2. The van der Waals surface area contributed by atoms with Crippen LogP contribution in [0.1, 0.15) is 51.1 Å². The number of nitrogens with zero attached hydrogens (tertiary/aromatic N) is 7. The molecule has 8 rings (SSSR count). The van der Waals surface area contributed by atoms with Crippen molar-refractivity contribution in [1.29, 1.82) is 0 Å². The SMILES string of the molecule is COC(=O)c1n[nH]c2c1[nH]c1cccnc12.Cc1c(Br)cnc2c3c(c(C(=O)O)nn3COCC[Si](C)(C)C)n([C@H](c3ncccc3F)C3CCOCC3)c12. The van der Waals surface area contributed by atoms with Gasteiger partial charge in [-0.2, -0.15) is 10.2 Å². The van der Waals surface area contributed by atoms with Gasteiger partial charge in [-0.15, -0.1) is 0 Å². The van der Waals surface area contributed by atoms with Gasteiger partial charge in [-0.3, -0.25) is 20.1 Å². The maximum Gasteiger partial charge on any atom is 0.360 e. The highest BCUT2D eigenvalue weighted by atomic mass is 79.9. The molecule has 0 radical (unpaired) electrons. The molecule has 15 nitrogen and oxygen atoms in total. The van der Waals surface area contributed by atoms with Crippen molar-refractivity contribution in [2.75, 3.05) is 26.9 Å². The number of aromatic nitrogens is 9. The number of methoxy groups -OCH3 is 1. The number of aromatic amines is 2. The molecular formula is C37H41BrFN9O6Si. The van der Waals surface area contributed by atoms with E-state index in [1.165, 1.54) is 13.2 Å². The number of hydrogen-bond donors (Lipinski definition) is 3. The van der Waals surface area contributed by atoms with Gasteiger partial charge in [-0.05, 0) is 77.5 Å². The Morgan fingerprint density at radius 3 is 2.51 bits per heavy atom. The number of H-pyrrole nitrogens is 2. The number of aryl methyl sites for hydroxylation is 1.